The van der Waals surface area contributed by atoms with E-state index in [1.54, 1.807) is 0 Å². The molecule has 4 rings (SSSR count). The molecule has 1 aliphatic carbocycles. The van der Waals surface area contributed by atoms with Crippen LogP contribution in [0.5, 0.6) is 0 Å². The number of carbonyl (C=O) groups excluding carboxylic acids is 1. The van der Waals surface area contributed by atoms with E-state index in [2.05, 4.69) is 20.4 Å². The molecule has 1 fully saturated rings. The normalized spacial score (nSPS) is 15.4. The van der Waals surface area contributed by atoms with Gasteiger partial charge in [0.05, 0.1) is 34.6 Å². The van der Waals surface area contributed by atoms with Crippen molar-refractivity contribution in [1.82, 2.24) is 19.7 Å². The summed E-state index contributed by atoms with van der Waals surface area (Å²) in [5, 5.41) is 5.94. The fourth-order valence-corrected chi connectivity index (χ4v) is 3.40. The lowest BCUT2D eigenvalue weighted by Gasteiger charge is -2.18. The van der Waals surface area contributed by atoms with Crippen molar-refractivity contribution in [1.29, 1.82) is 0 Å². The van der Waals surface area contributed by atoms with Crippen molar-refractivity contribution >= 4 is 23.2 Å². The summed E-state index contributed by atoms with van der Waals surface area (Å²) in [6, 6.07) is 5.12. The van der Waals surface area contributed by atoms with Gasteiger partial charge in [-0.3, -0.25) is 9.48 Å². The van der Waals surface area contributed by atoms with Crippen LogP contribution in [0.15, 0.2) is 42.9 Å². The summed E-state index contributed by atoms with van der Waals surface area (Å²) in [6.07, 6.45) is -5.62. The summed E-state index contributed by atoms with van der Waals surface area (Å²) in [6.45, 7) is -0.335. The van der Waals surface area contributed by atoms with Gasteiger partial charge in [0.25, 0.3) is 5.91 Å². The largest absolute Gasteiger partial charge is 0.435 e. The average Bonchev–Trinajstić information content (AvgIpc) is 3.37. The summed E-state index contributed by atoms with van der Waals surface area (Å²) < 4.78 is 80.2. The molecule has 0 saturated heterocycles. The van der Waals surface area contributed by atoms with Gasteiger partial charge >= 0.3 is 12.4 Å². The van der Waals surface area contributed by atoms with Crippen molar-refractivity contribution in [2.45, 2.75) is 31.7 Å². The van der Waals surface area contributed by atoms with Gasteiger partial charge < -0.3 is 5.32 Å². The number of carbonyl (C=O) groups is 1. The highest BCUT2D eigenvalue weighted by atomic mass is 35.5. The first-order valence-electron chi connectivity index (χ1n) is 9.49. The van der Waals surface area contributed by atoms with Crippen LogP contribution in [0.4, 0.5) is 32.0 Å². The Kier molecular flexibility index (Phi) is 5.59. The van der Waals surface area contributed by atoms with Crippen LogP contribution in [0, 0.1) is 5.41 Å². The summed E-state index contributed by atoms with van der Waals surface area (Å²) in [7, 11) is 0. The van der Waals surface area contributed by atoms with Gasteiger partial charge in [0.1, 0.15) is 5.69 Å². The molecule has 33 heavy (non-hydrogen) atoms. The number of nitrogens with zero attached hydrogens (tertiary/aromatic N) is 4. The van der Waals surface area contributed by atoms with Crippen LogP contribution in [0.1, 0.15) is 29.0 Å². The number of amides is 1. The Balaban J connectivity index is 1.54. The molecule has 0 radical (unpaired) electrons. The molecule has 0 spiro atoms. The zero-order valence-corrected chi connectivity index (χ0v) is 17.3. The minimum atomic E-state index is -4.83. The number of hydrogen-bond donors (Lipinski definition) is 1. The maximum absolute atomic E-state index is 13.2. The number of hydrogen-bond acceptors (Lipinski definition) is 4. The Morgan fingerprint density at radius 2 is 1.88 bits per heavy atom. The third-order valence-electron chi connectivity index (χ3n) is 5.20. The number of aromatic nitrogens is 4. The van der Waals surface area contributed by atoms with E-state index in [1.807, 2.05) is 0 Å². The second kappa shape index (κ2) is 8.01. The molecule has 3 heterocycles. The van der Waals surface area contributed by atoms with Gasteiger partial charge in [-0.05, 0) is 31.0 Å². The number of anilines is 1. The molecule has 0 aliphatic heterocycles. The lowest BCUT2D eigenvalue weighted by Crippen LogP contribution is -2.29. The summed E-state index contributed by atoms with van der Waals surface area (Å²) in [4.78, 5) is 19.9. The molecule has 0 bridgehead atoms. The van der Waals surface area contributed by atoms with Crippen molar-refractivity contribution in [2.24, 2.45) is 5.41 Å². The van der Waals surface area contributed by atoms with E-state index in [4.69, 9.17) is 11.6 Å². The standard InChI is InChI=1S/C20H14ClF6N5O/c21-12-6-15(16(28-8-12)19(22,23)24)31-17(33)14-3-1-2-13(30-14)11-7-29-32(9-11)10-18(4-5-18)20(25,26)27/h1-3,6-9H,4-5,10H2,(H,31,33). The molecular formula is C20H14ClF6N5O. The number of alkyl halides is 6. The Hall–Kier alpha value is -3.15. The Morgan fingerprint density at radius 3 is 2.52 bits per heavy atom. The van der Waals surface area contributed by atoms with E-state index in [9.17, 15) is 31.1 Å². The second-order valence-corrected chi connectivity index (χ2v) is 8.05. The first kappa shape index (κ1) is 23.0. The van der Waals surface area contributed by atoms with Crippen molar-refractivity contribution < 1.29 is 31.1 Å². The van der Waals surface area contributed by atoms with E-state index < -0.39 is 35.1 Å². The first-order chi connectivity index (χ1) is 15.4. The molecule has 6 nitrogen and oxygen atoms in total. The van der Waals surface area contributed by atoms with Crippen LogP contribution in [0.3, 0.4) is 0 Å². The quantitative estimate of drug-likeness (QED) is 0.473. The predicted octanol–water partition coefficient (Wildman–Crippen LogP) is 5.61. The maximum Gasteiger partial charge on any atom is 0.435 e. The fraction of sp³-hybridized carbons (Fsp3) is 0.300. The highest BCUT2D eigenvalue weighted by Gasteiger charge is 2.63. The highest BCUT2D eigenvalue weighted by molar-refractivity contribution is 6.30. The molecule has 1 N–H and O–H groups in total. The molecule has 1 saturated carbocycles. The zero-order valence-electron chi connectivity index (χ0n) is 16.5. The van der Waals surface area contributed by atoms with Crippen LogP contribution < -0.4 is 5.32 Å². The van der Waals surface area contributed by atoms with Gasteiger partial charge in [0.15, 0.2) is 5.69 Å². The van der Waals surface area contributed by atoms with E-state index in [-0.39, 0.29) is 35.8 Å². The molecule has 13 heteroatoms. The van der Waals surface area contributed by atoms with Gasteiger partial charge in [-0.1, -0.05) is 17.7 Å². The zero-order chi connectivity index (χ0) is 24.0. The third-order valence-corrected chi connectivity index (χ3v) is 5.41. The average molecular weight is 490 g/mol. The monoisotopic (exact) mass is 489 g/mol. The lowest BCUT2D eigenvalue weighted by molar-refractivity contribution is -0.191. The molecule has 0 atom stereocenters. The number of rotatable bonds is 5. The molecular weight excluding hydrogens is 476 g/mol. The van der Waals surface area contributed by atoms with E-state index in [0.29, 0.717) is 5.56 Å². The minimum absolute atomic E-state index is 0.0257. The summed E-state index contributed by atoms with van der Waals surface area (Å²) >= 11 is 5.71. The van der Waals surface area contributed by atoms with Crippen molar-refractivity contribution in [3.8, 4) is 11.3 Å². The summed E-state index contributed by atoms with van der Waals surface area (Å²) in [5.41, 5.74) is -3.40. The van der Waals surface area contributed by atoms with Gasteiger partial charge in [0.2, 0.25) is 0 Å². The van der Waals surface area contributed by atoms with Gasteiger partial charge in [-0.2, -0.15) is 31.4 Å². The van der Waals surface area contributed by atoms with E-state index in [1.165, 1.54) is 30.6 Å². The van der Waals surface area contributed by atoms with Crippen LogP contribution in [-0.2, 0) is 12.7 Å². The number of halogens is 7. The minimum Gasteiger partial charge on any atom is -0.319 e. The fourth-order valence-electron chi connectivity index (χ4n) is 3.24. The molecule has 0 aromatic carbocycles. The number of pyridine rings is 2. The Bertz CT molecular complexity index is 1200. The molecule has 1 aliphatic rings. The Morgan fingerprint density at radius 1 is 1.15 bits per heavy atom. The summed E-state index contributed by atoms with van der Waals surface area (Å²) in [5.74, 6) is -0.951. The van der Waals surface area contributed by atoms with Gasteiger partial charge in [-0.25, -0.2) is 9.97 Å². The molecule has 174 valence electrons. The van der Waals surface area contributed by atoms with Gasteiger partial charge in [-0.15, -0.1) is 0 Å². The van der Waals surface area contributed by atoms with Crippen LogP contribution in [0.25, 0.3) is 11.3 Å². The van der Waals surface area contributed by atoms with Crippen LogP contribution >= 0.6 is 11.6 Å². The van der Waals surface area contributed by atoms with Gasteiger partial charge in [0, 0.05) is 18.0 Å². The van der Waals surface area contributed by atoms with E-state index in [0.717, 1.165) is 16.9 Å². The highest BCUT2D eigenvalue weighted by Crippen LogP contribution is 2.58. The second-order valence-electron chi connectivity index (χ2n) is 7.61. The first-order valence-corrected chi connectivity index (χ1v) is 9.86. The molecule has 3 aromatic heterocycles. The third kappa shape index (κ3) is 4.80. The van der Waals surface area contributed by atoms with Crippen LogP contribution in [0.2, 0.25) is 5.02 Å². The lowest BCUT2D eigenvalue weighted by atomic mass is 10.1. The topological polar surface area (TPSA) is 72.7 Å². The van der Waals surface area contributed by atoms with Crippen molar-refractivity contribution in [3.05, 3.63) is 59.3 Å². The maximum atomic E-state index is 13.2. The van der Waals surface area contributed by atoms with Crippen molar-refractivity contribution in [3.63, 3.8) is 0 Å². The SMILES string of the molecule is O=C(Nc1cc(Cl)cnc1C(F)(F)F)c1cccc(-c2cnn(CC3(C(F)(F)F)CC3)c2)n1. The van der Waals surface area contributed by atoms with E-state index >= 15 is 0 Å². The Labute approximate surface area is 187 Å². The molecule has 1 amide bonds. The molecule has 0 unspecified atom stereocenters. The van der Waals surface area contributed by atoms with Crippen molar-refractivity contribution in [2.75, 3.05) is 5.32 Å². The number of nitrogens with one attached hydrogen (secondary N) is 1. The smallest absolute Gasteiger partial charge is 0.319 e. The molecule has 3 aromatic rings. The predicted molar refractivity (Wildman–Crippen MR) is 105 cm³/mol. The van der Waals surface area contributed by atoms with Crippen LogP contribution in [-0.4, -0.2) is 31.8 Å².